The van der Waals surface area contributed by atoms with Gasteiger partial charge >= 0.3 is 6.09 Å². The van der Waals surface area contributed by atoms with Crippen molar-refractivity contribution in [1.82, 2.24) is 14.8 Å². The van der Waals surface area contributed by atoms with E-state index in [4.69, 9.17) is 10.5 Å². The van der Waals surface area contributed by atoms with Gasteiger partial charge in [-0.05, 0) is 30.5 Å². The van der Waals surface area contributed by atoms with Gasteiger partial charge < -0.3 is 15.0 Å². The minimum absolute atomic E-state index is 0.0812. The molecule has 2 aromatic rings. The van der Waals surface area contributed by atoms with E-state index in [1.165, 1.54) is 0 Å². The number of primary amides is 1. The van der Waals surface area contributed by atoms with E-state index in [2.05, 4.69) is 16.3 Å². The number of carbonyl (C=O) groups is 1. The Labute approximate surface area is 116 Å². The van der Waals surface area contributed by atoms with E-state index >= 15 is 0 Å². The van der Waals surface area contributed by atoms with Gasteiger partial charge in [-0.2, -0.15) is 0 Å². The predicted molar refractivity (Wildman–Crippen MR) is 72.3 cm³/mol. The van der Waals surface area contributed by atoms with Crippen molar-refractivity contribution in [3.63, 3.8) is 0 Å². The number of hydrogen-bond donors (Lipinski definition) is 1. The van der Waals surface area contributed by atoms with E-state index in [9.17, 15) is 4.79 Å². The third-order valence-electron chi connectivity index (χ3n) is 3.82. The average molecular weight is 272 g/mol. The van der Waals surface area contributed by atoms with Gasteiger partial charge in [-0.25, -0.2) is 4.79 Å². The number of amides is 1. The number of benzene rings is 1. The molecule has 0 bridgehead atoms. The zero-order chi connectivity index (χ0) is 14.2. The molecule has 1 fully saturated rings. The molecule has 1 amide bonds. The zero-order valence-electron chi connectivity index (χ0n) is 11.2. The summed E-state index contributed by atoms with van der Waals surface area (Å²) in [6.07, 6.45) is 3.95. The van der Waals surface area contributed by atoms with Crippen LogP contribution in [0.25, 0.3) is 0 Å². The second-order valence-corrected chi connectivity index (χ2v) is 5.26. The Hall–Kier alpha value is -2.37. The van der Waals surface area contributed by atoms with Crippen LogP contribution in [0.4, 0.5) is 4.79 Å². The molecule has 0 radical (unpaired) electrons. The lowest BCUT2D eigenvalue weighted by molar-refractivity contribution is 0.211. The van der Waals surface area contributed by atoms with Crippen molar-refractivity contribution < 1.29 is 9.53 Å². The Balaban J connectivity index is 1.85. The quantitative estimate of drug-likeness (QED) is 0.915. The molecule has 1 saturated carbocycles. The van der Waals surface area contributed by atoms with Crippen molar-refractivity contribution in [1.29, 1.82) is 0 Å². The lowest BCUT2D eigenvalue weighted by atomic mass is 9.92. The molecule has 1 heterocycles. The summed E-state index contributed by atoms with van der Waals surface area (Å²) in [6.45, 7) is 0. The van der Waals surface area contributed by atoms with E-state index < -0.39 is 6.09 Å². The van der Waals surface area contributed by atoms with Gasteiger partial charge in [-0.3, -0.25) is 0 Å². The smallest absolute Gasteiger partial charge is 0.409 e. The van der Waals surface area contributed by atoms with Crippen LogP contribution in [-0.2, 0) is 18.9 Å². The second-order valence-electron chi connectivity index (χ2n) is 5.26. The van der Waals surface area contributed by atoms with Crippen LogP contribution in [0, 0.1) is 0 Å². The Bertz CT molecular complexity index is 646. The molecule has 0 aliphatic heterocycles. The molecular weight excluding hydrogens is 256 g/mol. The molecule has 2 N–H and O–H groups in total. The first-order valence-corrected chi connectivity index (χ1v) is 6.50. The first-order chi connectivity index (χ1) is 9.59. The normalized spacial score (nSPS) is 15.8. The van der Waals surface area contributed by atoms with Crippen LogP contribution in [0.15, 0.2) is 30.6 Å². The number of nitrogens with zero attached hydrogens (tertiary/aromatic N) is 3. The van der Waals surface area contributed by atoms with Crippen molar-refractivity contribution in [2.24, 2.45) is 12.8 Å². The van der Waals surface area contributed by atoms with Gasteiger partial charge in [0.25, 0.3) is 0 Å². The van der Waals surface area contributed by atoms with Crippen LogP contribution >= 0.6 is 0 Å². The fourth-order valence-corrected chi connectivity index (χ4v) is 2.49. The second kappa shape index (κ2) is 4.63. The number of hydrogen-bond acceptors (Lipinski definition) is 4. The third-order valence-corrected chi connectivity index (χ3v) is 3.82. The summed E-state index contributed by atoms with van der Waals surface area (Å²) in [5.74, 6) is 1.45. The van der Waals surface area contributed by atoms with Crippen molar-refractivity contribution in [3.05, 3.63) is 42.0 Å². The summed E-state index contributed by atoms with van der Waals surface area (Å²) in [5.41, 5.74) is 6.28. The van der Waals surface area contributed by atoms with Crippen LogP contribution in [0.3, 0.4) is 0 Å². The van der Waals surface area contributed by atoms with Crippen LogP contribution in [0.5, 0.6) is 5.75 Å². The number of carbonyl (C=O) groups excluding carboxylic acids is 1. The van der Waals surface area contributed by atoms with E-state index in [0.29, 0.717) is 5.75 Å². The van der Waals surface area contributed by atoms with E-state index in [-0.39, 0.29) is 5.41 Å². The van der Waals surface area contributed by atoms with Gasteiger partial charge in [-0.15, -0.1) is 10.2 Å². The Kier molecular flexibility index (Phi) is 2.93. The standard InChI is InChI=1S/C14H16N4O2/c1-18-9-16-17-12(18)8-14(5-6-14)10-3-2-4-11(7-10)20-13(15)19/h2-4,7,9H,5-6,8H2,1H3,(H2,15,19). The van der Waals surface area contributed by atoms with Crippen LogP contribution in [-0.4, -0.2) is 20.9 Å². The summed E-state index contributed by atoms with van der Waals surface area (Å²) in [4.78, 5) is 10.8. The minimum atomic E-state index is -0.791. The number of aromatic nitrogens is 3. The SMILES string of the molecule is Cn1cnnc1CC1(c2cccc(OC(N)=O)c2)CC1. The lowest BCUT2D eigenvalue weighted by Gasteiger charge is -2.15. The maximum Gasteiger partial charge on any atom is 0.409 e. The van der Waals surface area contributed by atoms with Gasteiger partial charge in [0.15, 0.2) is 0 Å². The van der Waals surface area contributed by atoms with Crippen LogP contribution in [0.2, 0.25) is 0 Å². The summed E-state index contributed by atoms with van der Waals surface area (Å²) in [5, 5.41) is 8.06. The summed E-state index contributed by atoms with van der Waals surface area (Å²) in [6, 6.07) is 7.54. The molecule has 1 aliphatic carbocycles. The highest BCUT2D eigenvalue weighted by atomic mass is 16.5. The molecule has 6 heteroatoms. The molecular formula is C14H16N4O2. The fraction of sp³-hybridized carbons (Fsp3) is 0.357. The molecule has 0 saturated heterocycles. The van der Waals surface area contributed by atoms with Gasteiger partial charge in [0.05, 0.1) is 0 Å². The lowest BCUT2D eigenvalue weighted by Crippen LogP contribution is -2.17. The number of ether oxygens (including phenoxy) is 1. The Morgan fingerprint density at radius 1 is 1.50 bits per heavy atom. The molecule has 0 spiro atoms. The van der Waals surface area contributed by atoms with Crippen molar-refractivity contribution in [2.45, 2.75) is 24.7 Å². The molecule has 1 aromatic heterocycles. The van der Waals surface area contributed by atoms with Gasteiger partial charge in [0.1, 0.15) is 17.9 Å². The molecule has 104 valence electrons. The maximum atomic E-state index is 10.8. The first-order valence-electron chi connectivity index (χ1n) is 6.50. The molecule has 1 aliphatic rings. The van der Waals surface area contributed by atoms with Gasteiger partial charge in [0, 0.05) is 18.9 Å². The van der Waals surface area contributed by atoms with Crippen LogP contribution < -0.4 is 10.5 Å². The molecule has 6 nitrogen and oxygen atoms in total. The Morgan fingerprint density at radius 2 is 2.30 bits per heavy atom. The molecule has 0 atom stereocenters. The average Bonchev–Trinajstić information content (AvgIpc) is 3.08. The minimum Gasteiger partial charge on any atom is -0.410 e. The third kappa shape index (κ3) is 2.36. The zero-order valence-corrected chi connectivity index (χ0v) is 11.2. The first kappa shape index (κ1) is 12.7. The van der Waals surface area contributed by atoms with E-state index in [1.54, 1.807) is 12.4 Å². The summed E-state index contributed by atoms with van der Waals surface area (Å²) in [7, 11) is 1.94. The highest BCUT2D eigenvalue weighted by molar-refractivity contribution is 5.68. The highest BCUT2D eigenvalue weighted by Crippen LogP contribution is 2.50. The van der Waals surface area contributed by atoms with E-state index in [0.717, 1.165) is 30.7 Å². The highest BCUT2D eigenvalue weighted by Gasteiger charge is 2.45. The van der Waals surface area contributed by atoms with Crippen molar-refractivity contribution >= 4 is 6.09 Å². The van der Waals surface area contributed by atoms with Gasteiger partial charge in [-0.1, -0.05) is 12.1 Å². The fourth-order valence-electron chi connectivity index (χ4n) is 2.49. The maximum absolute atomic E-state index is 10.8. The Morgan fingerprint density at radius 3 is 2.90 bits per heavy atom. The molecule has 3 rings (SSSR count). The van der Waals surface area contributed by atoms with Crippen molar-refractivity contribution in [2.75, 3.05) is 0 Å². The largest absolute Gasteiger partial charge is 0.410 e. The number of aryl methyl sites for hydroxylation is 1. The molecule has 20 heavy (non-hydrogen) atoms. The predicted octanol–water partition coefficient (Wildman–Crippen LogP) is 1.55. The monoisotopic (exact) mass is 272 g/mol. The summed E-state index contributed by atoms with van der Waals surface area (Å²) < 4.78 is 6.88. The van der Waals surface area contributed by atoms with Crippen LogP contribution in [0.1, 0.15) is 24.2 Å². The van der Waals surface area contributed by atoms with Gasteiger partial charge in [0.2, 0.25) is 0 Å². The van der Waals surface area contributed by atoms with E-state index in [1.807, 2.05) is 23.7 Å². The number of rotatable bonds is 4. The number of nitrogens with two attached hydrogens (primary N) is 1. The summed E-state index contributed by atoms with van der Waals surface area (Å²) >= 11 is 0. The molecule has 1 aromatic carbocycles. The molecule has 0 unspecified atom stereocenters. The topological polar surface area (TPSA) is 83.0 Å². The van der Waals surface area contributed by atoms with Crippen molar-refractivity contribution in [3.8, 4) is 5.75 Å².